The predicted octanol–water partition coefficient (Wildman–Crippen LogP) is 2.10. The third kappa shape index (κ3) is 2.73. The quantitative estimate of drug-likeness (QED) is 0.719. The molecule has 0 atom stereocenters. The second-order valence-electron chi connectivity index (χ2n) is 6.61. The fourth-order valence-electron chi connectivity index (χ4n) is 3.75. The Labute approximate surface area is 150 Å². The van der Waals surface area contributed by atoms with Crippen molar-refractivity contribution in [2.75, 3.05) is 49.1 Å². The van der Waals surface area contributed by atoms with Crippen LogP contribution in [0.5, 0.6) is 0 Å². The Bertz CT molecular complexity index is 852. The predicted molar refractivity (Wildman–Crippen MR) is 101 cm³/mol. The van der Waals surface area contributed by atoms with Gasteiger partial charge < -0.3 is 9.80 Å². The number of fused-ring (bicyclic) bond motifs is 1. The molecular formula is C18H20N6S. The normalized spacial score (nSPS) is 19.4. The van der Waals surface area contributed by atoms with E-state index >= 15 is 0 Å². The summed E-state index contributed by atoms with van der Waals surface area (Å²) >= 11 is 1.68. The zero-order chi connectivity index (χ0) is 16.6. The van der Waals surface area contributed by atoms with E-state index in [2.05, 4.69) is 53.2 Å². The van der Waals surface area contributed by atoms with Gasteiger partial charge >= 0.3 is 0 Å². The number of anilines is 2. The minimum absolute atomic E-state index is 0.634. The van der Waals surface area contributed by atoms with Crippen molar-refractivity contribution < 1.29 is 0 Å². The van der Waals surface area contributed by atoms with Crippen LogP contribution in [-0.2, 0) is 0 Å². The van der Waals surface area contributed by atoms with Crippen LogP contribution in [0.25, 0.3) is 10.2 Å². The highest BCUT2D eigenvalue weighted by molar-refractivity contribution is 7.16. The monoisotopic (exact) mass is 352 g/mol. The highest BCUT2D eigenvalue weighted by atomic mass is 32.1. The number of thiophene rings is 1. The molecule has 2 aliphatic heterocycles. The molecule has 0 unspecified atom stereocenters. The van der Waals surface area contributed by atoms with Gasteiger partial charge in [-0.2, -0.15) is 0 Å². The molecular weight excluding hydrogens is 332 g/mol. The Morgan fingerprint density at radius 1 is 0.920 bits per heavy atom. The second-order valence-corrected chi connectivity index (χ2v) is 7.50. The zero-order valence-electron chi connectivity index (χ0n) is 14.0. The van der Waals surface area contributed by atoms with E-state index in [1.807, 2.05) is 12.3 Å². The van der Waals surface area contributed by atoms with Crippen LogP contribution in [0.4, 0.5) is 11.6 Å². The van der Waals surface area contributed by atoms with E-state index in [1.54, 1.807) is 17.7 Å². The number of hydrogen-bond donors (Lipinski definition) is 0. The van der Waals surface area contributed by atoms with Crippen LogP contribution in [0.2, 0.25) is 0 Å². The van der Waals surface area contributed by atoms with Crippen molar-refractivity contribution >= 4 is 33.2 Å². The zero-order valence-corrected chi connectivity index (χ0v) is 14.8. The lowest BCUT2D eigenvalue weighted by Crippen LogP contribution is -2.63. The van der Waals surface area contributed by atoms with Gasteiger partial charge in [0.1, 0.15) is 22.8 Å². The first-order chi connectivity index (χ1) is 12.4. The Balaban J connectivity index is 1.20. The Kier molecular flexibility index (Phi) is 3.75. The first-order valence-electron chi connectivity index (χ1n) is 8.72. The Hall–Kier alpha value is -2.25. The van der Waals surface area contributed by atoms with Crippen LogP contribution >= 0.6 is 11.3 Å². The van der Waals surface area contributed by atoms with Gasteiger partial charge in [-0.3, -0.25) is 4.90 Å². The third-order valence-electron chi connectivity index (χ3n) is 5.21. The molecule has 25 heavy (non-hydrogen) atoms. The van der Waals surface area contributed by atoms with Crippen LogP contribution < -0.4 is 9.80 Å². The lowest BCUT2D eigenvalue weighted by molar-refractivity contribution is 0.156. The van der Waals surface area contributed by atoms with Gasteiger partial charge in [-0.25, -0.2) is 15.0 Å². The fraction of sp³-hybridized carbons (Fsp3) is 0.389. The lowest BCUT2D eigenvalue weighted by atomic mass is 10.1. The van der Waals surface area contributed by atoms with E-state index < -0.39 is 0 Å². The molecule has 0 bridgehead atoms. The fourth-order valence-corrected chi connectivity index (χ4v) is 4.47. The summed E-state index contributed by atoms with van der Waals surface area (Å²) in [6.45, 7) is 6.43. The second kappa shape index (κ2) is 6.24. The minimum atomic E-state index is 0.634. The summed E-state index contributed by atoms with van der Waals surface area (Å²) in [5.41, 5.74) is 0. The molecule has 5 rings (SSSR count). The maximum absolute atomic E-state index is 4.52. The van der Waals surface area contributed by atoms with Gasteiger partial charge in [-0.1, -0.05) is 6.07 Å². The van der Waals surface area contributed by atoms with Gasteiger partial charge in [0.2, 0.25) is 0 Å². The van der Waals surface area contributed by atoms with Gasteiger partial charge in [0.25, 0.3) is 0 Å². The molecule has 2 fully saturated rings. The molecule has 0 saturated carbocycles. The number of pyridine rings is 1. The number of nitrogens with zero attached hydrogens (tertiary/aromatic N) is 6. The summed E-state index contributed by atoms with van der Waals surface area (Å²) in [4.78, 5) is 21.8. The van der Waals surface area contributed by atoms with Crippen LogP contribution in [0, 0.1) is 0 Å². The van der Waals surface area contributed by atoms with Crippen LogP contribution in [0.15, 0.2) is 42.2 Å². The van der Waals surface area contributed by atoms with Gasteiger partial charge in [-0.15, -0.1) is 11.3 Å². The van der Waals surface area contributed by atoms with E-state index in [0.29, 0.717) is 6.04 Å². The van der Waals surface area contributed by atoms with Crippen molar-refractivity contribution in [1.82, 2.24) is 19.9 Å². The standard InChI is InChI=1S/C18H20N6S/c1-2-5-19-16(3-1)23-8-6-22(7-9-23)14-11-24(12-14)17-15-4-10-25-18(15)21-13-20-17/h1-5,10,13-14H,6-9,11-12H2. The average molecular weight is 352 g/mol. The molecule has 0 N–H and O–H groups in total. The molecule has 6 nitrogen and oxygen atoms in total. The van der Waals surface area contributed by atoms with E-state index in [0.717, 1.165) is 55.7 Å². The Morgan fingerprint density at radius 2 is 1.80 bits per heavy atom. The maximum atomic E-state index is 4.52. The summed E-state index contributed by atoms with van der Waals surface area (Å²) in [6.07, 6.45) is 3.56. The first-order valence-corrected chi connectivity index (χ1v) is 9.59. The number of aromatic nitrogens is 3. The van der Waals surface area contributed by atoms with Gasteiger partial charge in [0, 0.05) is 51.5 Å². The highest BCUT2D eigenvalue weighted by Gasteiger charge is 2.35. The van der Waals surface area contributed by atoms with Crippen LogP contribution in [0.3, 0.4) is 0 Å². The molecule has 0 aromatic carbocycles. The number of rotatable bonds is 3. The SMILES string of the molecule is c1ccc(N2CCN(C3CN(c4ncnc5sccc45)C3)CC2)nc1. The molecule has 128 valence electrons. The lowest BCUT2D eigenvalue weighted by Gasteiger charge is -2.48. The van der Waals surface area contributed by atoms with Crippen molar-refractivity contribution in [3.8, 4) is 0 Å². The van der Waals surface area contributed by atoms with Crippen molar-refractivity contribution in [2.45, 2.75) is 6.04 Å². The summed E-state index contributed by atoms with van der Waals surface area (Å²) < 4.78 is 0. The van der Waals surface area contributed by atoms with Crippen molar-refractivity contribution in [1.29, 1.82) is 0 Å². The van der Waals surface area contributed by atoms with Crippen molar-refractivity contribution in [3.63, 3.8) is 0 Å². The van der Waals surface area contributed by atoms with Crippen molar-refractivity contribution in [3.05, 3.63) is 42.2 Å². The molecule has 0 amide bonds. The molecule has 2 saturated heterocycles. The van der Waals surface area contributed by atoms with Crippen molar-refractivity contribution in [2.24, 2.45) is 0 Å². The van der Waals surface area contributed by atoms with E-state index in [-0.39, 0.29) is 0 Å². The summed E-state index contributed by atoms with van der Waals surface area (Å²) in [5, 5.41) is 3.28. The molecule has 0 spiro atoms. The number of hydrogen-bond acceptors (Lipinski definition) is 7. The van der Waals surface area contributed by atoms with E-state index in [1.165, 1.54) is 5.39 Å². The van der Waals surface area contributed by atoms with Gasteiger partial charge in [0.15, 0.2) is 0 Å². The smallest absolute Gasteiger partial charge is 0.140 e. The average Bonchev–Trinajstić information content (AvgIpc) is 3.11. The molecule has 7 heteroatoms. The van der Waals surface area contributed by atoms with Crippen LogP contribution in [-0.4, -0.2) is 65.2 Å². The maximum Gasteiger partial charge on any atom is 0.140 e. The molecule has 0 radical (unpaired) electrons. The largest absolute Gasteiger partial charge is 0.354 e. The highest BCUT2D eigenvalue weighted by Crippen LogP contribution is 2.31. The third-order valence-corrected chi connectivity index (χ3v) is 6.03. The number of piperazine rings is 1. The molecule has 3 aromatic heterocycles. The Morgan fingerprint density at radius 3 is 2.60 bits per heavy atom. The van der Waals surface area contributed by atoms with Gasteiger partial charge in [-0.05, 0) is 23.6 Å². The van der Waals surface area contributed by atoms with E-state index in [9.17, 15) is 0 Å². The van der Waals surface area contributed by atoms with E-state index in [4.69, 9.17) is 0 Å². The molecule has 2 aliphatic rings. The summed E-state index contributed by atoms with van der Waals surface area (Å²) in [5.74, 6) is 2.19. The summed E-state index contributed by atoms with van der Waals surface area (Å²) in [6, 6.07) is 8.90. The molecule has 3 aromatic rings. The van der Waals surface area contributed by atoms with Gasteiger partial charge in [0.05, 0.1) is 5.39 Å². The van der Waals surface area contributed by atoms with Crippen LogP contribution in [0.1, 0.15) is 0 Å². The minimum Gasteiger partial charge on any atom is -0.354 e. The molecule has 0 aliphatic carbocycles. The molecule has 5 heterocycles. The topological polar surface area (TPSA) is 48.4 Å². The first kappa shape index (κ1) is 15.0. The summed E-state index contributed by atoms with van der Waals surface area (Å²) in [7, 11) is 0.